The van der Waals surface area contributed by atoms with Crippen LogP contribution < -0.4 is 21.3 Å². The van der Waals surface area contributed by atoms with Crippen molar-refractivity contribution in [1.82, 2.24) is 31.2 Å². The van der Waals surface area contributed by atoms with Gasteiger partial charge in [0.15, 0.2) is 5.78 Å². The van der Waals surface area contributed by atoms with Crippen LogP contribution in [0, 0.1) is 23.2 Å². The Balaban J connectivity index is 1.23. The van der Waals surface area contributed by atoms with Crippen LogP contribution in [0.15, 0.2) is 42.9 Å². The molecule has 5 atom stereocenters. The van der Waals surface area contributed by atoms with E-state index in [2.05, 4.69) is 31.2 Å². The van der Waals surface area contributed by atoms with Crippen LogP contribution in [0.2, 0.25) is 0 Å². The summed E-state index contributed by atoms with van der Waals surface area (Å²) in [4.78, 5) is 89.9. The minimum Gasteiger partial charge on any atom is -0.347 e. The molecule has 3 fully saturated rings. The SMILES string of the molecule is CCC(NC(=O)C1C(C(=O)[C@@H](NC(=O)[C@@H](NC(=O)c2cnccn2)C2CCCCC2)C(C)(C)C)CC12c1ccccc12)C(=O)C(=O)NC1CC1. The van der Waals surface area contributed by atoms with Crippen LogP contribution in [0.5, 0.6) is 0 Å². The topological polar surface area (TPSA) is 176 Å². The van der Waals surface area contributed by atoms with Gasteiger partial charge in [-0.05, 0) is 61.0 Å². The number of hydrogen-bond donors (Lipinski definition) is 4. The highest BCUT2D eigenvalue weighted by Crippen LogP contribution is 2.68. The quantitative estimate of drug-likeness (QED) is 0.233. The van der Waals surface area contributed by atoms with Gasteiger partial charge in [0, 0.05) is 29.8 Å². The lowest BCUT2D eigenvalue weighted by Crippen LogP contribution is -2.63. The summed E-state index contributed by atoms with van der Waals surface area (Å²) in [6, 6.07) is 4.83. The molecule has 1 aromatic carbocycles. The monoisotopic (exact) mass is 684 g/mol. The van der Waals surface area contributed by atoms with E-state index in [1.54, 1.807) is 6.92 Å². The molecule has 0 bridgehead atoms. The number of amides is 4. The molecule has 0 saturated heterocycles. The van der Waals surface area contributed by atoms with Gasteiger partial charge in [0.1, 0.15) is 11.7 Å². The zero-order chi connectivity index (χ0) is 35.8. The number of Topliss-reactive ketones (excluding diaryl/α,β-unsaturated/α-hetero) is 2. The second-order valence-electron chi connectivity index (χ2n) is 15.5. The van der Waals surface area contributed by atoms with Gasteiger partial charge in [0.2, 0.25) is 17.6 Å². The van der Waals surface area contributed by atoms with Crippen LogP contribution in [0.4, 0.5) is 0 Å². The number of carbonyl (C=O) groups excluding carboxylic acids is 6. The molecule has 4 aliphatic carbocycles. The maximum Gasteiger partial charge on any atom is 0.289 e. The van der Waals surface area contributed by atoms with E-state index in [0.717, 1.165) is 56.1 Å². The van der Waals surface area contributed by atoms with Crippen LogP contribution in [0.1, 0.15) is 107 Å². The van der Waals surface area contributed by atoms with Crippen molar-refractivity contribution in [2.24, 2.45) is 23.2 Å². The smallest absolute Gasteiger partial charge is 0.289 e. The van der Waals surface area contributed by atoms with Crippen LogP contribution in [0.25, 0.3) is 0 Å². The normalized spacial score (nSPS) is 22.5. The van der Waals surface area contributed by atoms with Crippen LogP contribution in [-0.4, -0.2) is 69.3 Å². The van der Waals surface area contributed by atoms with E-state index in [4.69, 9.17) is 0 Å². The van der Waals surface area contributed by atoms with Crippen LogP contribution >= 0.6 is 0 Å². The number of aromatic nitrogens is 2. The maximum atomic E-state index is 14.6. The zero-order valence-electron chi connectivity index (χ0n) is 29.3. The van der Waals surface area contributed by atoms with Gasteiger partial charge in [-0.2, -0.15) is 0 Å². The largest absolute Gasteiger partial charge is 0.347 e. The highest BCUT2D eigenvalue weighted by Gasteiger charge is 2.70. The molecule has 0 radical (unpaired) electrons. The molecule has 6 rings (SSSR count). The summed E-state index contributed by atoms with van der Waals surface area (Å²) in [6.45, 7) is 7.32. The number of nitrogens with zero attached hydrogens (tertiary/aromatic N) is 2. The van der Waals surface area contributed by atoms with E-state index in [1.807, 2.05) is 45.0 Å². The minimum atomic E-state index is -1.02. The van der Waals surface area contributed by atoms with E-state index in [9.17, 15) is 28.8 Å². The van der Waals surface area contributed by atoms with Crippen molar-refractivity contribution in [1.29, 1.82) is 0 Å². The third kappa shape index (κ3) is 6.93. The molecule has 12 heteroatoms. The second-order valence-corrected chi connectivity index (χ2v) is 15.5. The molecular weight excluding hydrogens is 636 g/mol. The third-order valence-corrected chi connectivity index (χ3v) is 11.0. The number of hydrogen-bond acceptors (Lipinski definition) is 8. The Hall–Kier alpha value is -4.48. The van der Waals surface area contributed by atoms with Crippen LogP contribution in [0.3, 0.4) is 0 Å². The average Bonchev–Trinajstić information content (AvgIpc) is 4.03. The number of ketones is 2. The van der Waals surface area contributed by atoms with Crippen LogP contribution in [-0.2, 0) is 29.4 Å². The summed E-state index contributed by atoms with van der Waals surface area (Å²) in [5.41, 5.74) is 0.719. The van der Waals surface area contributed by atoms with Gasteiger partial charge < -0.3 is 21.3 Å². The fraction of sp³-hybridized carbons (Fsp3) is 0.579. The lowest BCUT2D eigenvalue weighted by molar-refractivity contribution is -0.148. The van der Waals surface area contributed by atoms with Gasteiger partial charge >= 0.3 is 0 Å². The minimum absolute atomic E-state index is 0.000103. The number of benzene rings is 1. The summed E-state index contributed by atoms with van der Waals surface area (Å²) in [5.74, 6) is -4.79. The molecule has 266 valence electrons. The lowest BCUT2D eigenvalue weighted by Gasteiger charge is -2.47. The summed E-state index contributed by atoms with van der Waals surface area (Å²) >= 11 is 0. The Morgan fingerprint density at radius 1 is 0.900 bits per heavy atom. The van der Waals surface area contributed by atoms with Gasteiger partial charge in [-0.15, -0.1) is 0 Å². The number of rotatable bonds is 13. The highest BCUT2D eigenvalue weighted by atomic mass is 16.2. The molecule has 3 saturated carbocycles. The zero-order valence-corrected chi connectivity index (χ0v) is 29.3. The summed E-state index contributed by atoms with van der Waals surface area (Å²) < 4.78 is 0. The maximum absolute atomic E-state index is 14.6. The molecule has 1 aromatic heterocycles. The molecule has 3 unspecified atom stereocenters. The van der Waals surface area contributed by atoms with E-state index < -0.39 is 70.2 Å². The fourth-order valence-electron chi connectivity index (χ4n) is 8.08. The predicted molar refractivity (Wildman–Crippen MR) is 183 cm³/mol. The fourth-order valence-corrected chi connectivity index (χ4v) is 8.08. The van der Waals surface area contributed by atoms with Crippen molar-refractivity contribution in [3.05, 3.63) is 59.7 Å². The third-order valence-electron chi connectivity index (χ3n) is 11.0. The molecule has 50 heavy (non-hydrogen) atoms. The lowest BCUT2D eigenvalue weighted by atomic mass is 9.55. The van der Waals surface area contributed by atoms with Crippen molar-refractivity contribution in [3.63, 3.8) is 0 Å². The first-order chi connectivity index (χ1) is 23.9. The first kappa shape index (κ1) is 35.3. The van der Waals surface area contributed by atoms with E-state index in [0.29, 0.717) is 6.42 Å². The highest BCUT2D eigenvalue weighted by molar-refractivity contribution is 6.38. The Morgan fingerprint density at radius 2 is 1.58 bits per heavy atom. The number of nitrogens with one attached hydrogen (secondary N) is 4. The van der Waals surface area contributed by atoms with Gasteiger partial charge in [0.25, 0.3) is 11.8 Å². The molecule has 4 amide bonds. The van der Waals surface area contributed by atoms with Gasteiger partial charge in [0.05, 0.1) is 24.2 Å². The van der Waals surface area contributed by atoms with Crippen molar-refractivity contribution in [2.75, 3.05) is 0 Å². The predicted octanol–water partition coefficient (Wildman–Crippen LogP) is 2.93. The van der Waals surface area contributed by atoms with Gasteiger partial charge in [-0.25, -0.2) is 4.98 Å². The van der Waals surface area contributed by atoms with Gasteiger partial charge in [-0.3, -0.25) is 33.8 Å². The summed E-state index contributed by atoms with van der Waals surface area (Å²) in [6.07, 6.45) is 10.9. The summed E-state index contributed by atoms with van der Waals surface area (Å²) in [7, 11) is 0. The Morgan fingerprint density at radius 3 is 2.16 bits per heavy atom. The Labute approximate surface area is 292 Å². The molecule has 12 nitrogen and oxygen atoms in total. The molecule has 0 aliphatic heterocycles. The van der Waals surface area contributed by atoms with Crippen molar-refractivity contribution < 1.29 is 28.8 Å². The van der Waals surface area contributed by atoms with Crippen molar-refractivity contribution in [3.8, 4) is 0 Å². The van der Waals surface area contributed by atoms with Gasteiger partial charge in [-0.1, -0.05) is 71.2 Å². The average molecular weight is 685 g/mol. The van der Waals surface area contributed by atoms with Crippen molar-refractivity contribution >= 4 is 35.2 Å². The second kappa shape index (κ2) is 14.0. The molecular formula is C38H48N6O6. The number of carbonyl (C=O) groups is 6. The molecule has 4 aliphatic rings. The first-order valence-corrected chi connectivity index (χ1v) is 18.0. The molecule has 4 N–H and O–H groups in total. The van der Waals surface area contributed by atoms with E-state index in [-0.39, 0.29) is 29.9 Å². The van der Waals surface area contributed by atoms with E-state index in [1.165, 1.54) is 18.6 Å². The van der Waals surface area contributed by atoms with E-state index >= 15 is 0 Å². The Kier molecular flexibility index (Phi) is 9.92. The molecule has 2 aromatic rings. The molecule has 1 spiro atoms. The standard InChI is InChI=1S/C38H48N6O6/c1-5-26(31(46)36(50)41-22-15-16-22)42-34(48)28-23(19-38(28)24-13-9-10-14-25(24)38)30(45)32(37(2,3)4)44-35(49)29(21-11-7-6-8-12-21)43-33(47)27-20-39-17-18-40-27/h9-10,13-14,17-18,20-23,26,28-29,32H,5-8,11-12,15-16,19H2,1-4H3,(H,41,50)(H,42,48)(H,43,47)(H,44,49)/t23?,26?,28?,29-,32+/m0/s1. The van der Waals surface area contributed by atoms with Crippen molar-refractivity contribution in [2.45, 2.75) is 115 Å². The first-order valence-electron chi connectivity index (χ1n) is 18.0. The Bertz CT molecular complexity index is 1640. The number of fused-ring (bicyclic) bond motifs is 3. The summed E-state index contributed by atoms with van der Waals surface area (Å²) in [5, 5.41) is 11.4. The molecule has 1 heterocycles.